The first-order valence-corrected chi connectivity index (χ1v) is 18.8. The smallest absolute Gasteiger partial charge is 0.416 e. The van der Waals surface area contributed by atoms with Gasteiger partial charge >= 0.3 is 12.1 Å². The van der Waals surface area contributed by atoms with Gasteiger partial charge in [0.2, 0.25) is 5.91 Å². The molecule has 54 heavy (non-hydrogen) atoms. The summed E-state index contributed by atoms with van der Waals surface area (Å²) in [6, 6.07) is 27.7. The Morgan fingerprint density at radius 2 is 1.69 bits per heavy atom. The number of carbonyl (C=O) groups excluding carboxylic acids is 4. The van der Waals surface area contributed by atoms with E-state index < -0.39 is 23.6 Å². The summed E-state index contributed by atoms with van der Waals surface area (Å²) >= 11 is 1.63. The van der Waals surface area contributed by atoms with Crippen molar-refractivity contribution in [3.8, 4) is 16.9 Å². The summed E-state index contributed by atoms with van der Waals surface area (Å²) in [7, 11) is 1.32. The van der Waals surface area contributed by atoms with Crippen molar-refractivity contribution in [1.29, 1.82) is 0 Å². The zero-order valence-electron chi connectivity index (χ0n) is 31.4. The highest BCUT2D eigenvalue weighted by Gasteiger charge is 2.25. The monoisotopic (exact) mass is 749 g/mol. The lowest BCUT2D eigenvalue weighted by atomic mass is 9.89. The molecule has 0 spiro atoms. The molecule has 0 bridgehead atoms. The molecule has 0 fully saturated rings. The average molecular weight is 750 g/mol. The Bertz CT molecular complexity index is 2060. The molecule has 0 radical (unpaired) electrons. The highest BCUT2D eigenvalue weighted by atomic mass is 32.1. The van der Waals surface area contributed by atoms with Crippen LogP contribution in [0.4, 0.5) is 10.6 Å². The van der Waals surface area contributed by atoms with Gasteiger partial charge in [0.15, 0.2) is 5.78 Å². The normalized spacial score (nSPS) is 11.8. The van der Waals surface area contributed by atoms with Gasteiger partial charge in [-0.05, 0) is 97.6 Å². The SMILES string of the molecule is COC(=O)C[C@H](CC(=O)CNC(=O)CCCN(C(=O)OC(C)(C)C)c1cc(C)ccn1)c1ccc(-c2ccc(OCc3ccccc3)c3sccc23)cc1. The fourth-order valence-corrected chi connectivity index (χ4v) is 6.87. The summed E-state index contributed by atoms with van der Waals surface area (Å²) in [5, 5.41) is 5.84. The van der Waals surface area contributed by atoms with Gasteiger partial charge in [-0.2, -0.15) is 0 Å². The zero-order chi connectivity index (χ0) is 38.7. The van der Waals surface area contributed by atoms with Gasteiger partial charge in [0.25, 0.3) is 0 Å². The summed E-state index contributed by atoms with van der Waals surface area (Å²) in [5.74, 6) is -0.136. The van der Waals surface area contributed by atoms with E-state index in [4.69, 9.17) is 14.2 Å². The number of carbonyl (C=O) groups is 4. The zero-order valence-corrected chi connectivity index (χ0v) is 32.2. The molecule has 2 aromatic heterocycles. The van der Waals surface area contributed by atoms with Gasteiger partial charge in [0, 0.05) is 36.9 Å². The number of anilines is 1. The van der Waals surface area contributed by atoms with Crippen LogP contribution in [0.1, 0.15) is 69.1 Å². The van der Waals surface area contributed by atoms with Crippen molar-refractivity contribution in [2.45, 2.75) is 71.5 Å². The second-order valence-electron chi connectivity index (χ2n) is 14.1. The molecule has 0 unspecified atom stereocenters. The second kappa shape index (κ2) is 18.5. The van der Waals surface area contributed by atoms with Gasteiger partial charge in [-0.1, -0.05) is 54.6 Å². The fourth-order valence-electron chi connectivity index (χ4n) is 5.98. The van der Waals surface area contributed by atoms with E-state index in [9.17, 15) is 19.2 Å². The largest absolute Gasteiger partial charge is 0.487 e. The van der Waals surface area contributed by atoms with Crippen molar-refractivity contribution < 1.29 is 33.4 Å². The summed E-state index contributed by atoms with van der Waals surface area (Å²) < 4.78 is 17.8. The third kappa shape index (κ3) is 11.2. The third-order valence-electron chi connectivity index (χ3n) is 8.69. The van der Waals surface area contributed by atoms with Gasteiger partial charge in [-0.25, -0.2) is 9.78 Å². The number of pyridine rings is 1. The van der Waals surface area contributed by atoms with Gasteiger partial charge < -0.3 is 19.5 Å². The molecular weight excluding hydrogens is 703 g/mol. The predicted octanol–water partition coefficient (Wildman–Crippen LogP) is 8.79. The number of hydrogen-bond donors (Lipinski definition) is 1. The first-order valence-electron chi connectivity index (χ1n) is 18.0. The molecule has 0 saturated carbocycles. The molecule has 5 aromatic rings. The maximum atomic E-state index is 13.1. The van der Waals surface area contributed by atoms with Crippen LogP contribution in [0.15, 0.2) is 96.5 Å². The van der Waals surface area contributed by atoms with Crippen molar-refractivity contribution in [3.63, 3.8) is 0 Å². The van der Waals surface area contributed by atoms with Crippen LogP contribution < -0.4 is 15.0 Å². The molecule has 0 aliphatic heterocycles. The molecule has 10 nitrogen and oxygen atoms in total. The minimum atomic E-state index is -0.702. The predicted molar refractivity (Wildman–Crippen MR) is 212 cm³/mol. The minimum Gasteiger partial charge on any atom is -0.487 e. The number of thiophene rings is 1. The summed E-state index contributed by atoms with van der Waals surface area (Å²) in [6.07, 6.45) is 1.54. The maximum absolute atomic E-state index is 13.1. The summed E-state index contributed by atoms with van der Waals surface area (Å²) in [4.78, 5) is 57.0. The van der Waals surface area contributed by atoms with Crippen molar-refractivity contribution >= 4 is 51.0 Å². The Balaban J connectivity index is 1.18. The van der Waals surface area contributed by atoms with E-state index >= 15 is 0 Å². The highest BCUT2D eigenvalue weighted by molar-refractivity contribution is 7.17. The molecule has 282 valence electrons. The Labute approximate surface area is 320 Å². The van der Waals surface area contributed by atoms with Crippen LogP contribution in [-0.2, 0) is 30.5 Å². The number of aryl methyl sites for hydroxylation is 1. The summed E-state index contributed by atoms with van der Waals surface area (Å²) in [6.45, 7) is 7.76. The number of rotatable bonds is 16. The number of Topliss-reactive ketones (excluding diaryl/α,β-unsaturated/α-hetero) is 1. The van der Waals surface area contributed by atoms with Crippen LogP contribution in [0.5, 0.6) is 5.75 Å². The fraction of sp³-hybridized carbons (Fsp3) is 0.326. The van der Waals surface area contributed by atoms with Crippen molar-refractivity contribution in [2.24, 2.45) is 0 Å². The first kappa shape index (κ1) is 39.7. The molecule has 0 aliphatic rings. The average Bonchev–Trinajstić information content (AvgIpc) is 3.65. The van der Waals surface area contributed by atoms with Crippen molar-refractivity contribution in [3.05, 3.63) is 113 Å². The number of nitrogens with zero attached hydrogens (tertiary/aromatic N) is 2. The summed E-state index contributed by atoms with van der Waals surface area (Å²) in [5.41, 5.74) is 4.20. The van der Waals surface area contributed by atoms with Crippen molar-refractivity contribution in [2.75, 3.05) is 25.1 Å². The van der Waals surface area contributed by atoms with E-state index in [-0.39, 0.29) is 44.0 Å². The number of ketones is 1. The number of ether oxygens (including phenoxy) is 3. The molecule has 0 saturated heterocycles. The number of benzene rings is 3. The molecule has 11 heteroatoms. The molecule has 2 amide bonds. The van der Waals surface area contributed by atoms with Crippen LogP contribution in [0.25, 0.3) is 21.2 Å². The van der Waals surface area contributed by atoms with Gasteiger partial charge in [0.05, 0.1) is 24.8 Å². The molecule has 0 aliphatic carbocycles. The first-order chi connectivity index (χ1) is 25.9. The topological polar surface area (TPSA) is 124 Å². The molecule has 2 heterocycles. The van der Waals surface area contributed by atoms with E-state index in [0.29, 0.717) is 18.8 Å². The number of methoxy groups -OCH3 is 1. The van der Waals surface area contributed by atoms with Crippen LogP contribution >= 0.6 is 11.3 Å². The Morgan fingerprint density at radius 1 is 0.926 bits per heavy atom. The maximum Gasteiger partial charge on any atom is 0.416 e. The Morgan fingerprint density at radius 3 is 2.39 bits per heavy atom. The van der Waals surface area contributed by atoms with E-state index in [2.05, 4.69) is 27.8 Å². The standard InChI is InChI=1S/C43H47N3O7S/c1-29-19-21-44-38(24-29)46(42(50)53-43(2,3)4)22-9-12-39(48)45-27-34(47)25-33(26-40(49)51-5)31-13-15-32(16-14-31)35-17-18-37(41-36(35)20-23-54-41)52-28-30-10-7-6-8-11-30/h6-8,10-11,13-21,23-24,33H,9,12,22,25-28H2,1-5H3,(H,45,48)/t33-/m0/s1. The highest BCUT2D eigenvalue weighted by Crippen LogP contribution is 2.39. The second-order valence-corrected chi connectivity index (χ2v) is 15.0. The lowest BCUT2D eigenvalue weighted by Crippen LogP contribution is -2.38. The van der Waals surface area contributed by atoms with Gasteiger partial charge in [0.1, 0.15) is 23.8 Å². The van der Waals surface area contributed by atoms with Crippen molar-refractivity contribution in [1.82, 2.24) is 10.3 Å². The quantitative estimate of drug-likeness (QED) is 0.0994. The number of nitrogens with one attached hydrogen (secondary N) is 1. The Kier molecular flexibility index (Phi) is 13.6. The minimum absolute atomic E-state index is 0.0191. The molecule has 1 atom stereocenters. The van der Waals surface area contributed by atoms with E-state index in [1.165, 1.54) is 12.0 Å². The van der Waals surface area contributed by atoms with E-state index in [0.717, 1.165) is 43.7 Å². The number of amides is 2. The number of fused-ring (bicyclic) bond motifs is 1. The van der Waals surface area contributed by atoms with Gasteiger partial charge in [-0.15, -0.1) is 11.3 Å². The van der Waals surface area contributed by atoms with Crippen LogP contribution in [-0.4, -0.2) is 54.5 Å². The molecule has 5 rings (SSSR count). The van der Waals surface area contributed by atoms with Crippen LogP contribution in [0, 0.1) is 6.92 Å². The molecule has 3 aromatic carbocycles. The number of aromatic nitrogens is 1. The lowest BCUT2D eigenvalue weighted by Gasteiger charge is -2.27. The van der Waals surface area contributed by atoms with E-state index in [1.807, 2.05) is 73.7 Å². The number of esters is 1. The van der Waals surface area contributed by atoms with Crippen LogP contribution in [0.3, 0.4) is 0 Å². The molecular formula is C43H47N3O7S. The van der Waals surface area contributed by atoms with Crippen LogP contribution in [0.2, 0.25) is 0 Å². The lowest BCUT2D eigenvalue weighted by molar-refractivity contribution is -0.141. The van der Waals surface area contributed by atoms with Gasteiger partial charge in [-0.3, -0.25) is 19.3 Å². The molecule has 1 N–H and O–H groups in total. The van der Waals surface area contributed by atoms with E-state index in [1.54, 1.807) is 44.4 Å². The number of hydrogen-bond acceptors (Lipinski definition) is 9. The Hall–Kier alpha value is -5.55. The third-order valence-corrected chi connectivity index (χ3v) is 9.61.